The van der Waals surface area contributed by atoms with Crippen molar-refractivity contribution in [1.82, 2.24) is 0 Å². The van der Waals surface area contributed by atoms with Crippen LogP contribution in [0.4, 0.5) is 0 Å². The molecule has 1 nitrogen and oxygen atoms in total. The third kappa shape index (κ3) is 8.15. The molecule has 2 N–H and O–H groups in total. The van der Waals surface area contributed by atoms with Gasteiger partial charge in [-0.1, -0.05) is 59.3 Å². The van der Waals surface area contributed by atoms with E-state index in [0.717, 1.165) is 6.54 Å². The number of unbranched alkanes of at least 4 members (excludes halogenated alkanes) is 4. The SMILES string of the molecule is CCCCCC(C)(CCCC)CCCCN. The van der Waals surface area contributed by atoms with Crippen LogP contribution < -0.4 is 5.73 Å². The molecule has 0 aromatic carbocycles. The van der Waals surface area contributed by atoms with Crippen molar-refractivity contribution in [2.75, 3.05) is 6.54 Å². The summed E-state index contributed by atoms with van der Waals surface area (Å²) in [5.74, 6) is 0. The first-order valence-corrected chi connectivity index (χ1v) is 7.38. The lowest BCUT2D eigenvalue weighted by Gasteiger charge is -2.30. The van der Waals surface area contributed by atoms with Gasteiger partial charge >= 0.3 is 0 Å². The smallest absolute Gasteiger partial charge is 0.00773 e. The maximum Gasteiger partial charge on any atom is -0.00773 e. The van der Waals surface area contributed by atoms with E-state index in [1.807, 2.05) is 0 Å². The molecule has 0 aliphatic rings. The third-order valence-corrected chi connectivity index (χ3v) is 3.75. The van der Waals surface area contributed by atoms with E-state index >= 15 is 0 Å². The van der Waals surface area contributed by atoms with E-state index in [0.29, 0.717) is 5.41 Å². The summed E-state index contributed by atoms with van der Waals surface area (Å²) in [5, 5.41) is 0. The molecule has 0 saturated carbocycles. The fourth-order valence-corrected chi connectivity index (χ4v) is 2.48. The molecule has 1 heteroatoms. The highest BCUT2D eigenvalue weighted by atomic mass is 14.5. The summed E-state index contributed by atoms with van der Waals surface area (Å²) in [7, 11) is 0. The molecule has 1 unspecified atom stereocenters. The molecule has 16 heavy (non-hydrogen) atoms. The molecule has 0 saturated heterocycles. The number of hydrogen-bond donors (Lipinski definition) is 1. The van der Waals surface area contributed by atoms with Crippen molar-refractivity contribution in [3.63, 3.8) is 0 Å². The van der Waals surface area contributed by atoms with E-state index < -0.39 is 0 Å². The van der Waals surface area contributed by atoms with Crippen LogP contribution in [0, 0.1) is 5.41 Å². The molecule has 0 bridgehead atoms. The molecule has 1 atom stereocenters. The van der Waals surface area contributed by atoms with Gasteiger partial charge in [0.05, 0.1) is 0 Å². The van der Waals surface area contributed by atoms with Crippen LogP contribution in [0.1, 0.15) is 85.0 Å². The van der Waals surface area contributed by atoms with Crippen molar-refractivity contribution < 1.29 is 0 Å². The van der Waals surface area contributed by atoms with Gasteiger partial charge in [-0.2, -0.15) is 0 Å². The van der Waals surface area contributed by atoms with Crippen molar-refractivity contribution in [2.45, 2.75) is 85.0 Å². The van der Waals surface area contributed by atoms with Gasteiger partial charge < -0.3 is 5.73 Å². The van der Waals surface area contributed by atoms with E-state index in [-0.39, 0.29) is 0 Å². The Bertz CT molecular complexity index is 132. The van der Waals surface area contributed by atoms with Crippen molar-refractivity contribution >= 4 is 0 Å². The van der Waals surface area contributed by atoms with Crippen molar-refractivity contribution in [3.05, 3.63) is 0 Å². The van der Waals surface area contributed by atoms with E-state index in [1.165, 1.54) is 64.2 Å². The Labute approximate surface area is 103 Å². The molecule has 0 fully saturated rings. The second-order valence-electron chi connectivity index (χ2n) is 5.62. The Morgan fingerprint density at radius 3 is 1.75 bits per heavy atom. The number of hydrogen-bond acceptors (Lipinski definition) is 1. The second-order valence-corrected chi connectivity index (χ2v) is 5.62. The molecule has 0 amide bonds. The van der Waals surface area contributed by atoms with Crippen molar-refractivity contribution in [1.29, 1.82) is 0 Å². The first-order valence-electron chi connectivity index (χ1n) is 7.38. The van der Waals surface area contributed by atoms with E-state index in [2.05, 4.69) is 20.8 Å². The van der Waals surface area contributed by atoms with Crippen LogP contribution in [0.25, 0.3) is 0 Å². The Morgan fingerprint density at radius 1 is 0.750 bits per heavy atom. The minimum atomic E-state index is 0.598. The summed E-state index contributed by atoms with van der Waals surface area (Å²) in [6.07, 6.45) is 13.6. The summed E-state index contributed by atoms with van der Waals surface area (Å²) in [5.41, 5.74) is 6.18. The topological polar surface area (TPSA) is 26.0 Å². The molecule has 0 radical (unpaired) electrons. The van der Waals surface area contributed by atoms with Crippen molar-refractivity contribution in [2.24, 2.45) is 11.1 Å². The highest BCUT2D eigenvalue weighted by molar-refractivity contribution is 4.74. The molecular formula is C15H33N. The summed E-state index contributed by atoms with van der Waals surface area (Å²) in [4.78, 5) is 0. The molecule has 0 aromatic heterocycles. The van der Waals surface area contributed by atoms with Crippen LogP contribution >= 0.6 is 0 Å². The second kappa shape index (κ2) is 10.1. The van der Waals surface area contributed by atoms with Gasteiger partial charge in [0.25, 0.3) is 0 Å². The first-order chi connectivity index (χ1) is 7.68. The average Bonchev–Trinajstić information content (AvgIpc) is 2.27. The van der Waals surface area contributed by atoms with E-state index in [4.69, 9.17) is 5.73 Å². The van der Waals surface area contributed by atoms with Gasteiger partial charge in [-0.05, 0) is 37.6 Å². The Kier molecular flexibility index (Phi) is 10.1. The highest BCUT2D eigenvalue weighted by Crippen LogP contribution is 2.35. The quantitative estimate of drug-likeness (QED) is 0.500. The predicted octanol–water partition coefficient (Wildman–Crippen LogP) is 4.89. The van der Waals surface area contributed by atoms with Crippen LogP contribution in [-0.4, -0.2) is 6.54 Å². The molecule has 0 spiro atoms. The Hall–Kier alpha value is -0.0400. The van der Waals surface area contributed by atoms with Crippen LogP contribution in [0.15, 0.2) is 0 Å². The molecule has 0 heterocycles. The molecule has 0 aliphatic carbocycles. The zero-order valence-electron chi connectivity index (χ0n) is 11.9. The Balaban J connectivity index is 3.91. The van der Waals surface area contributed by atoms with E-state index in [1.54, 1.807) is 0 Å². The highest BCUT2D eigenvalue weighted by Gasteiger charge is 2.22. The van der Waals surface area contributed by atoms with Crippen LogP contribution in [0.3, 0.4) is 0 Å². The van der Waals surface area contributed by atoms with Gasteiger partial charge in [-0.3, -0.25) is 0 Å². The predicted molar refractivity (Wildman–Crippen MR) is 74.7 cm³/mol. The van der Waals surface area contributed by atoms with Gasteiger partial charge in [0.2, 0.25) is 0 Å². The molecule has 0 aliphatic heterocycles. The largest absolute Gasteiger partial charge is 0.330 e. The lowest BCUT2D eigenvalue weighted by molar-refractivity contribution is 0.226. The fraction of sp³-hybridized carbons (Fsp3) is 1.00. The zero-order chi connectivity index (χ0) is 12.3. The van der Waals surface area contributed by atoms with Crippen molar-refractivity contribution in [3.8, 4) is 0 Å². The molecule has 0 rings (SSSR count). The van der Waals surface area contributed by atoms with Crippen LogP contribution in [0.5, 0.6) is 0 Å². The van der Waals surface area contributed by atoms with Gasteiger partial charge in [0.1, 0.15) is 0 Å². The minimum absolute atomic E-state index is 0.598. The lowest BCUT2D eigenvalue weighted by atomic mass is 9.76. The third-order valence-electron chi connectivity index (χ3n) is 3.75. The number of rotatable bonds is 11. The van der Waals surface area contributed by atoms with E-state index in [9.17, 15) is 0 Å². The maximum absolute atomic E-state index is 5.58. The molecule has 98 valence electrons. The Morgan fingerprint density at radius 2 is 1.25 bits per heavy atom. The summed E-state index contributed by atoms with van der Waals surface area (Å²) in [6, 6.07) is 0. The normalized spacial score (nSPS) is 15.0. The average molecular weight is 227 g/mol. The molecule has 0 aromatic rings. The van der Waals surface area contributed by atoms with Gasteiger partial charge in [-0.25, -0.2) is 0 Å². The van der Waals surface area contributed by atoms with Crippen LogP contribution in [-0.2, 0) is 0 Å². The summed E-state index contributed by atoms with van der Waals surface area (Å²) in [6.45, 7) is 7.94. The maximum atomic E-state index is 5.58. The summed E-state index contributed by atoms with van der Waals surface area (Å²) < 4.78 is 0. The fourth-order valence-electron chi connectivity index (χ4n) is 2.48. The van der Waals surface area contributed by atoms with Crippen LogP contribution in [0.2, 0.25) is 0 Å². The monoisotopic (exact) mass is 227 g/mol. The number of nitrogens with two attached hydrogens (primary N) is 1. The standard InChI is InChI=1S/C15H33N/c1-4-6-8-12-15(3,11-7-5-2)13-9-10-14-16/h4-14,16H2,1-3H3. The molecular weight excluding hydrogens is 194 g/mol. The van der Waals surface area contributed by atoms with Gasteiger partial charge in [0, 0.05) is 0 Å². The minimum Gasteiger partial charge on any atom is -0.330 e. The first kappa shape index (κ1) is 16.0. The van der Waals surface area contributed by atoms with Gasteiger partial charge in [0.15, 0.2) is 0 Å². The lowest BCUT2D eigenvalue weighted by Crippen LogP contribution is -2.17. The summed E-state index contributed by atoms with van der Waals surface area (Å²) >= 11 is 0. The zero-order valence-corrected chi connectivity index (χ0v) is 11.9. The van der Waals surface area contributed by atoms with Gasteiger partial charge in [-0.15, -0.1) is 0 Å².